The smallest absolute Gasteiger partial charge is 0.0600 e. The van der Waals surface area contributed by atoms with Crippen LogP contribution in [0.15, 0.2) is 18.2 Å². The van der Waals surface area contributed by atoms with Crippen LogP contribution in [0.3, 0.4) is 0 Å². The third-order valence-corrected chi connectivity index (χ3v) is 3.38. The van der Waals surface area contributed by atoms with Crippen molar-refractivity contribution < 1.29 is 0 Å². The van der Waals surface area contributed by atoms with Gasteiger partial charge in [-0.2, -0.15) is 0 Å². The van der Waals surface area contributed by atoms with E-state index in [-0.39, 0.29) is 0 Å². The molecule has 0 spiro atoms. The highest BCUT2D eigenvalue weighted by Gasteiger charge is 2.11. The summed E-state index contributed by atoms with van der Waals surface area (Å²) in [4.78, 5) is 2.45. The maximum absolute atomic E-state index is 6.10. The molecule has 2 N–H and O–H groups in total. The van der Waals surface area contributed by atoms with Crippen molar-refractivity contribution in [3.63, 3.8) is 0 Å². The van der Waals surface area contributed by atoms with Crippen molar-refractivity contribution in [1.29, 1.82) is 0 Å². The lowest BCUT2D eigenvalue weighted by Gasteiger charge is -2.28. The molecule has 0 bridgehead atoms. The van der Waals surface area contributed by atoms with Crippen LogP contribution in [0.4, 0.5) is 11.4 Å². The Morgan fingerprint density at radius 3 is 2.25 bits per heavy atom. The number of nitrogens with zero attached hydrogens (tertiary/aromatic N) is 1. The Kier molecular flexibility index (Phi) is 3.70. The van der Waals surface area contributed by atoms with Gasteiger partial charge in [-0.05, 0) is 37.5 Å². The minimum atomic E-state index is 0.931. The largest absolute Gasteiger partial charge is 0.397 e. The van der Waals surface area contributed by atoms with E-state index in [0.29, 0.717) is 0 Å². The number of hydrogen-bond acceptors (Lipinski definition) is 2. The van der Waals surface area contributed by atoms with Crippen LogP contribution in [0.5, 0.6) is 0 Å². The number of benzene rings is 1. The lowest BCUT2D eigenvalue weighted by atomic mass is 10.1. The van der Waals surface area contributed by atoms with E-state index in [1.165, 1.54) is 43.4 Å². The zero-order valence-electron chi connectivity index (χ0n) is 10.2. The fourth-order valence-corrected chi connectivity index (χ4v) is 2.45. The molecule has 1 aromatic rings. The number of nitrogen functional groups attached to an aromatic ring is 1. The van der Waals surface area contributed by atoms with Crippen LogP contribution in [-0.4, -0.2) is 13.1 Å². The Balaban J connectivity index is 2.14. The standard InChI is InChI=1S/C14H22N2/c1-12-7-8-14(13(15)11-12)16-9-5-3-2-4-6-10-16/h7-8,11H,2-6,9-10,15H2,1H3. The molecule has 2 heteroatoms. The van der Waals surface area contributed by atoms with Gasteiger partial charge in [-0.25, -0.2) is 0 Å². The van der Waals surface area contributed by atoms with Crippen molar-refractivity contribution in [2.24, 2.45) is 0 Å². The van der Waals surface area contributed by atoms with Crippen LogP contribution in [0.1, 0.15) is 37.7 Å². The minimum absolute atomic E-state index is 0.931. The van der Waals surface area contributed by atoms with Crippen LogP contribution in [-0.2, 0) is 0 Å². The molecule has 1 aliphatic heterocycles. The maximum Gasteiger partial charge on any atom is 0.0600 e. The van der Waals surface area contributed by atoms with Crippen LogP contribution < -0.4 is 10.6 Å². The van der Waals surface area contributed by atoms with E-state index in [2.05, 4.69) is 30.0 Å². The molecule has 1 saturated heterocycles. The highest BCUT2D eigenvalue weighted by Crippen LogP contribution is 2.26. The number of aryl methyl sites for hydroxylation is 1. The fourth-order valence-electron chi connectivity index (χ4n) is 2.45. The molecule has 1 aliphatic rings. The first kappa shape index (κ1) is 11.3. The zero-order chi connectivity index (χ0) is 11.4. The quantitative estimate of drug-likeness (QED) is 0.732. The summed E-state index contributed by atoms with van der Waals surface area (Å²) in [5, 5.41) is 0. The summed E-state index contributed by atoms with van der Waals surface area (Å²) >= 11 is 0. The second kappa shape index (κ2) is 5.24. The first-order chi connectivity index (χ1) is 7.77. The summed E-state index contributed by atoms with van der Waals surface area (Å²) in [6, 6.07) is 6.41. The van der Waals surface area contributed by atoms with Gasteiger partial charge in [0.1, 0.15) is 0 Å². The van der Waals surface area contributed by atoms with Gasteiger partial charge in [0.05, 0.1) is 11.4 Å². The highest BCUT2D eigenvalue weighted by atomic mass is 15.1. The predicted molar refractivity (Wildman–Crippen MR) is 70.9 cm³/mol. The summed E-state index contributed by atoms with van der Waals surface area (Å²) in [6.07, 6.45) is 6.72. The number of nitrogens with two attached hydrogens (primary N) is 1. The molecule has 0 saturated carbocycles. The van der Waals surface area contributed by atoms with E-state index in [9.17, 15) is 0 Å². The molecule has 1 fully saturated rings. The number of rotatable bonds is 1. The number of anilines is 2. The Morgan fingerprint density at radius 2 is 1.62 bits per heavy atom. The van der Waals surface area contributed by atoms with Gasteiger partial charge in [0.15, 0.2) is 0 Å². The second-order valence-electron chi connectivity index (χ2n) is 4.82. The number of hydrogen-bond donors (Lipinski definition) is 1. The van der Waals surface area contributed by atoms with Gasteiger partial charge in [0, 0.05) is 13.1 Å². The second-order valence-corrected chi connectivity index (χ2v) is 4.82. The third kappa shape index (κ3) is 2.69. The Labute approximate surface area is 98.4 Å². The van der Waals surface area contributed by atoms with E-state index in [4.69, 9.17) is 5.73 Å². The molecule has 1 heterocycles. The zero-order valence-corrected chi connectivity index (χ0v) is 10.2. The molecule has 0 amide bonds. The molecule has 0 atom stereocenters. The maximum atomic E-state index is 6.10. The summed E-state index contributed by atoms with van der Waals surface area (Å²) in [6.45, 7) is 4.41. The van der Waals surface area contributed by atoms with Crippen molar-refractivity contribution >= 4 is 11.4 Å². The van der Waals surface area contributed by atoms with E-state index in [1.54, 1.807) is 0 Å². The normalized spacial score (nSPS) is 17.9. The Morgan fingerprint density at radius 1 is 1.00 bits per heavy atom. The third-order valence-electron chi connectivity index (χ3n) is 3.38. The predicted octanol–water partition coefficient (Wildman–Crippen LogP) is 3.35. The van der Waals surface area contributed by atoms with Crippen molar-refractivity contribution in [1.82, 2.24) is 0 Å². The molecule has 88 valence electrons. The molecular weight excluding hydrogens is 196 g/mol. The molecule has 1 aromatic carbocycles. The highest BCUT2D eigenvalue weighted by molar-refractivity contribution is 5.68. The Hall–Kier alpha value is -1.18. The lowest BCUT2D eigenvalue weighted by Crippen LogP contribution is -2.27. The Bertz CT molecular complexity index is 339. The van der Waals surface area contributed by atoms with E-state index >= 15 is 0 Å². The summed E-state index contributed by atoms with van der Waals surface area (Å²) < 4.78 is 0. The van der Waals surface area contributed by atoms with Crippen molar-refractivity contribution in [3.8, 4) is 0 Å². The van der Waals surface area contributed by atoms with E-state index in [0.717, 1.165) is 18.8 Å². The van der Waals surface area contributed by atoms with Gasteiger partial charge >= 0.3 is 0 Å². The fraction of sp³-hybridized carbons (Fsp3) is 0.571. The monoisotopic (exact) mass is 218 g/mol. The molecule has 16 heavy (non-hydrogen) atoms. The summed E-state index contributed by atoms with van der Waals surface area (Å²) in [5.41, 5.74) is 9.50. The molecular formula is C14H22N2. The van der Waals surface area contributed by atoms with Crippen molar-refractivity contribution in [2.45, 2.75) is 39.0 Å². The van der Waals surface area contributed by atoms with E-state index in [1.807, 2.05) is 0 Å². The van der Waals surface area contributed by atoms with Gasteiger partial charge in [-0.3, -0.25) is 0 Å². The average molecular weight is 218 g/mol. The van der Waals surface area contributed by atoms with Crippen molar-refractivity contribution in [2.75, 3.05) is 23.7 Å². The molecule has 0 aliphatic carbocycles. The first-order valence-corrected chi connectivity index (χ1v) is 6.38. The topological polar surface area (TPSA) is 29.3 Å². The minimum Gasteiger partial charge on any atom is -0.397 e. The van der Waals surface area contributed by atoms with Gasteiger partial charge in [-0.15, -0.1) is 0 Å². The lowest BCUT2D eigenvalue weighted by molar-refractivity contribution is 0.557. The molecule has 0 radical (unpaired) electrons. The van der Waals surface area contributed by atoms with Crippen molar-refractivity contribution in [3.05, 3.63) is 23.8 Å². The van der Waals surface area contributed by atoms with Crippen LogP contribution >= 0.6 is 0 Å². The first-order valence-electron chi connectivity index (χ1n) is 6.38. The van der Waals surface area contributed by atoms with Crippen LogP contribution in [0, 0.1) is 6.92 Å². The van der Waals surface area contributed by atoms with Gasteiger partial charge in [0.2, 0.25) is 0 Å². The molecule has 0 unspecified atom stereocenters. The van der Waals surface area contributed by atoms with Crippen LogP contribution in [0.2, 0.25) is 0 Å². The molecule has 2 rings (SSSR count). The van der Waals surface area contributed by atoms with Gasteiger partial charge < -0.3 is 10.6 Å². The van der Waals surface area contributed by atoms with E-state index < -0.39 is 0 Å². The van der Waals surface area contributed by atoms with Gasteiger partial charge in [0.25, 0.3) is 0 Å². The molecule has 2 nitrogen and oxygen atoms in total. The van der Waals surface area contributed by atoms with Gasteiger partial charge in [-0.1, -0.05) is 25.3 Å². The summed E-state index contributed by atoms with van der Waals surface area (Å²) in [7, 11) is 0. The summed E-state index contributed by atoms with van der Waals surface area (Å²) in [5.74, 6) is 0. The molecule has 0 aromatic heterocycles. The SMILES string of the molecule is Cc1ccc(N2CCCCCCC2)c(N)c1. The average Bonchev–Trinajstić information content (AvgIpc) is 2.19. The van der Waals surface area contributed by atoms with Crippen LogP contribution in [0.25, 0.3) is 0 Å².